The van der Waals surface area contributed by atoms with E-state index in [1.165, 1.54) is 28.7 Å². The number of carbonyl (C=O) groups is 1. The lowest BCUT2D eigenvalue weighted by atomic mass is 10.0. The highest BCUT2D eigenvalue weighted by atomic mass is 32.1. The van der Waals surface area contributed by atoms with Crippen molar-refractivity contribution in [3.63, 3.8) is 0 Å². The molecule has 2 aromatic carbocycles. The summed E-state index contributed by atoms with van der Waals surface area (Å²) in [4.78, 5) is 25.6. The van der Waals surface area contributed by atoms with Crippen molar-refractivity contribution in [2.75, 3.05) is 44.5 Å². The first-order valence-electron chi connectivity index (χ1n) is 14.6. The zero-order valence-electron chi connectivity index (χ0n) is 25.8. The number of hydrogen-bond donors (Lipinski definition) is 2. The van der Waals surface area contributed by atoms with Crippen LogP contribution >= 0.6 is 22.7 Å². The lowest BCUT2D eigenvalue weighted by Crippen LogP contribution is -2.17. The van der Waals surface area contributed by atoms with Crippen molar-refractivity contribution in [2.45, 2.75) is 26.2 Å². The Hall–Kier alpha value is -4.64. The molecule has 0 amide bonds. The minimum atomic E-state index is -1.10. The van der Waals surface area contributed by atoms with Crippen molar-refractivity contribution >= 4 is 60.8 Å². The van der Waals surface area contributed by atoms with Crippen LogP contribution in [0.1, 0.15) is 39.3 Å². The smallest absolute Gasteiger partial charge is 0.355 e. The average Bonchev–Trinajstić information content (AvgIpc) is 3.45. The Morgan fingerprint density at radius 3 is 2.61 bits per heavy atom. The number of benzene rings is 2. The molecule has 13 heteroatoms. The minimum absolute atomic E-state index is 0.00348. The van der Waals surface area contributed by atoms with Crippen LogP contribution in [0.15, 0.2) is 48.5 Å². The SMILES string of the molecule is Cc1cc(N(C)c2nc(C(=O)O)c(CC3(COc4ccc(C#CCN(C)C)cc4F)CC3)s2)nnc1Nc1nc2ccccc2s1. The average molecular weight is 658 g/mol. The zero-order chi connectivity index (χ0) is 32.4. The third-order valence-corrected chi connectivity index (χ3v) is 9.68. The molecule has 6 rings (SSSR count). The number of rotatable bonds is 11. The number of anilines is 4. The van der Waals surface area contributed by atoms with Crippen LogP contribution in [-0.2, 0) is 6.42 Å². The number of fused-ring (bicyclic) bond motifs is 1. The molecule has 0 aliphatic heterocycles. The molecule has 0 bridgehead atoms. The van der Waals surface area contributed by atoms with Gasteiger partial charge in [0.05, 0.1) is 23.4 Å². The normalized spacial score (nSPS) is 13.3. The number of aromatic carboxylic acids is 1. The number of ether oxygens (including phenoxy) is 1. The molecule has 46 heavy (non-hydrogen) atoms. The summed E-state index contributed by atoms with van der Waals surface area (Å²) in [6, 6.07) is 14.5. The summed E-state index contributed by atoms with van der Waals surface area (Å²) in [6.45, 7) is 2.77. The Kier molecular flexibility index (Phi) is 8.86. The van der Waals surface area contributed by atoms with Crippen molar-refractivity contribution in [1.82, 2.24) is 25.1 Å². The second-order valence-corrected chi connectivity index (χ2v) is 13.7. The summed E-state index contributed by atoms with van der Waals surface area (Å²) in [6.07, 6.45) is 2.16. The van der Waals surface area contributed by atoms with E-state index in [-0.39, 0.29) is 23.5 Å². The van der Waals surface area contributed by atoms with Gasteiger partial charge in [-0.1, -0.05) is 35.3 Å². The molecular weight excluding hydrogens is 626 g/mol. The van der Waals surface area contributed by atoms with Crippen molar-refractivity contribution in [3.8, 4) is 17.6 Å². The molecule has 1 aliphatic carbocycles. The van der Waals surface area contributed by atoms with E-state index in [2.05, 4.69) is 37.3 Å². The van der Waals surface area contributed by atoms with Crippen LogP contribution in [0.3, 0.4) is 0 Å². The van der Waals surface area contributed by atoms with E-state index in [9.17, 15) is 14.3 Å². The molecule has 236 valence electrons. The van der Waals surface area contributed by atoms with Crippen LogP contribution < -0.4 is 15.0 Å². The molecule has 2 N–H and O–H groups in total. The Balaban J connectivity index is 1.13. The molecule has 0 unspecified atom stereocenters. The molecule has 0 saturated heterocycles. The monoisotopic (exact) mass is 657 g/mol. The van der Waals surface area contributed by atoms with E-state index in [0.717, 1.165) is 33.8 Å². The zero-order valence-corrected chi connectivity index (χ0v) is 27.4. The van der Waals surface area contributed by atoms with Crippen LogP contribution in [0, 0.1) is 30.0 Å². The largest absolute Gasteiger partial charge is 0.490 e. The van der Waals surface area contributed by atoms with Crippen molar-refractivity contribution < 1.29 is 19.0 Å². The summed E-state index contributed by atoms with van der Waals surface area (Å²) < 4.78 is 21.8. The molecule has 1 aliphatic rings. The Labute approximate surface area is 273 Å². The first-order chi connectivity index (χ1) is 22.1. The third-order valence-electron chi connectivity index (χ3n) is 7.60. The van der Waals surface area contributed by atoms with Gasteiger partial charge in [-0.3, -0.25) is 4.90 Å². The van der Waals surface area contributed by atoms with Crippen LogP contribution in [-0.4, -0.2) is 70.4 Å². The van der Waals surface area contributed by atoms with Gasteiger partial charge < -0.3 is 20.1 Å². The fourth-order valence-corrected chi connectivity index (χ4v) is 6.83. The molecule has 0 atom stereocenters. The van der Waals surface area contributed by atoms with E-state index < -0.39 is 11.8 Å². The number of carboxylic acids is 1. The molecule has 3 heterocycles. The van der Waals surface area contributed by atoms with Crippen LogP contribution in [0.25, 0.3) is 10.2 Å². The minimum Gasteiger partial charge on any atom is -0.490 e. The highest BCUT2D eigenvalue weighted by Crippen LogP contribution is 2.50. The summed E-state index contributed by atoms with van der Waals surface area (Å²) in [7, 11) is 5.62. The first-order valence-corrected chi connectivity index (χ1v) is 16.2. The highest BCUT2D eigenvalue weighted by Gasteiger charge is 2.45. The Bertz CT molecular complexity index is 1940. The topological polar surface area (TPSA) is 117 Å². The molecule has 5 aromatic rings. The fraction of sp³-hybridized carbons (Fsp3) is 0.303. The van der Waals surface area contributed by atoms with E-state index in [0.29, 0.717) is 40.2 Å². The van der Waals surface area contributed by atoms with E-state index >= 15 is 0 Å². The van der Waals surface area contributed by atoms with Crippen molar-refractivity contribution in [2.24, 2.45) is 5.41 Å². The van der Waals surface area contributed by atoms with Gasteiger partial charge in [-0.15, -0.1) is 21.5 Å². The van der Waals surface area contributed by atoms with Crippen molar-refractivity contribution in [1.29, 1.82) is 0 Å². The predicted molar refractivity (Wildman–Crippen MR) is 180 cm³/mol. The highest BCUT2D eigenvalue weighted by molar-refractivity contribution is 7.22. The van der Waals surface area contributed by atoms with Crippen LogP contribution in [0.4, 0.5) is 26.3 Å². The third kappa shape index (κ3) is 7.09. The van der Waals surface area contributed by atoms with Gasteiger partial charge in [0.1, 0.15) is 0 Å². The van der Waals surface area contributed by atoms with Gasteiger partial charge in [-0.2, -0.15) is 0 Å². The molecular formula is C33H32FN7O3S2. The van der Waals surface area contributed by atoms with Gasteiger partial charge in [0.2, 0.25) is 0 Å². The maximum Gasteiger partial charge on any atom is 0.355 e. The van der Waals surface area contributed by atoms with Gasteiger partial charge in [0.15, 0.2) is 39.2 Å². The summed E-state index contributed by atoms with van der Waals surface area (Å²) in [5.41, 5.74) is 2.06. The van der Waals surface area contributed by atoms with Gasteiger partial charge in [-0.25, -0.2) is 19.2 Å². The first kappa shape index (κ1) is 31.3. The number of nitrogens with zero attached hydrogens (tertiary/aromatic N) is 6. The van der Waals surface area contributed by atoms with Gasteiger partial charge in [0, 0.05) is 22.9 Å². The number of nitrogens with one attached hydrogen (secondary N) is 1. The van der Waals surface area contributed by atoms with E-state index in [4.69, 9.17) is 4.74 Å². The Morgan fingerprint density at radius 1 is 1.11 bits per heavy atom. The second kappa shape index (κ2) is 13.0. The maximum absolute atomic E-state index is 14.8. The Morgan fingerprint density at radius 2 is 1.91 bits per heavy atom. The molecule has 1 saturated carbocycles. The molecule has 3 aromatic heterocycles. The lowest BCUT2D eigenvalue weighted by molar-refractivity contribution is 0.0689. The van der Waals surface area contributed by atoms with E-state index in [1.54, 1.807) is 24.1 Å². The summed E-state index contributed by atoms with van der Waals surface area (Å²) in [5.74, 6) is 5.64. The van der Waals surface area contributed by atoms with Crippen LogP contribution in [0.2, 0.25) is 0 Å². The number of aryl methyl sites for hydroxylation is 1. The lowest BCUT2D eigenvalue weighted by Gasteiger charge is -2.16. The van der Waals surface area contributed by atoms with Gasteiger partial charge in [-0.05, 0) is 82.2 Å². The quantitative estimate of drug-likeness (QED) is 0.152. The second-order valence-electron chi connectivity index (χ2n) is 11.6. The molecule has 10 nitrogen and oxygen atoms in total. The van der Waals surface area contributed by atoms with E-state index in [1.807, 2.05) is 56.3 Å². The molecule has 0 spiro atoms. The van der Waals surface area contributed by atoms with Crippen LogP contribution in [0.5, 0.6) is 5.75 Å². The van der Waals surface area contributed by atoms with Gasteiger partial charge in [0.25, 0.3) is 0 Å². The number of halogens is 1. The number of hydrogen-bond acceptors (Lipinski definition) is 11. The number of para-hydroxylation sites is 1. The number of carboxylic acid groups (broad SMARTS) is 1. The molecule has 0 radical (unpaired) electrons. The predicted octanol–water partition coefficient (Wildman–Crippen LogP) is 6.51. The number of aromatic nitrogens is 4. The summed E-state index contributed by atoms with van der Waals surface area (Å²) in [5, 5.41) is 23.2. The maximum atomic E-state index is 14.8. The standard InChI is InChI=1S/C33H32FN7O3S2/c1-20-16-27(38-39-29(20)37-31-35-23-9-5-6-10-25(23)45-31)41(4)32-36-28(30(42)43)26(46-32)18-33(13-14-33)19-44-24-12-11-21(17-22(24)34)8-7-15-40(2)3/h5-6,9-12,16-17H,13-15,18-19H2,1-4H3,(H,42,43)(H,35,37,39). The fourth-order valence-electron chi connectivity index (χ4n) is 4.77. The summed E-state index contributed by atoms with van der Waals surface area (Å²) >= 11 is 2.84. The number of thiazole rings is 2. The van der Waals surface area contributed by atoms with Crippen molar-refractivity contribution in [3.05, 3.63) is 76.0 Å². The molecule has 1 fully saturated rings. The van der Waals surface area contributed by atoms with Gasteiger partial charge >= 0.3 is 5.97 Å².